The van der Waals surface area contributed by atoms with E-state index in [4.69, 9.17) is 14.2 Å². The monoisotopic (exact) mass is 608 g/mol. The quantitative estimate of drug-likeness (QED) is 0.234. The molecule has 0 aliphatic carbocycles. The number of hydrogen-bond donors (Lipinski definition) is 2. The molecule has 0 saturated carbocycles. The van der Waals surface area contributed by atoms with Crippen LogP contribution < -0.4 is 10.1 Å². The minimum absolute atomic E-state index is 0.00919. The number of aliphatic hydroxyl groups is 1. The van der Waals surface area contributed by atoms with E-state index in [0.29, 0.717) is 17.9 Å². The Morgan fingerprint density at radius 2 is 1.79 bits per heavy atom. The molecule has 11 heteroatoms. The van der Waals surface area contributed by atoms with Crippen molar-refractivity contribution in [3.63, 3.8) is 0 Å². The highest BCUT2D eigenvalue weighted by Crippen LogP contribution is 2.38. The van der Waals surface area contributed by atoms with Gasteiger partial charge in [0.1, 0.15) is 5.75 Å². The molecular weight excluding hydrogens is 576 g/mol. The molecule has 2 N–H and O–H groups in total. The van der Waals surface area contributed by atoms with Gasteiger partial charge in [0.2, 0.25) is 16.3 Å². The molecular formula is C31H32N2O7S2. The van der Waals surface area contributed by atoms with E-state index in [9.17, 15) is 18.3 Å². The van der Waals surface area contributed by atoms with Crippen LogP contribution in [0.1, 0.15) is 17.9 Å². The molecule has 9 nitrogen and oxygen atoms in total. The van der Waals surface area contributed by atoms with Gasteiger partial charge in [0, 0.05) is 35.8 Å². The number of allylic oxidation sites excluding steroid dienone is 1. The van der Waals surface area contributed by atoms with Crippen molar-refractivity contribution in [2.24, 2.45) is 0 Å². The second-order valence-corrected chi connectivity index (χ2v) is 12.5. The third kappa shape index (κ3) is 6.83. The number of fused-ring (bicyclic) bond motifs is 1. The van der Waals surface area contributed by atoms with Gasteiger partial charge in [0.15, 0.2) is 5.76 Å². The summed E-state index contributed by atoms with van der Waals surface area (Å²) >= 11 is 1.63. The number of methoxy groups -OCH3 is 1. The normalized spacial score (nSPS) is 17.1. The van der Waals surface area contributed by atoms with Crippen molar-refractivity contribution in [1.29, 1.82) is 0 Å². The van der Waals surface area contributed by atoms with Crippen molar-refractivity contribution in [2.45, 2.75) is 23.5 Å². The zero-order valence-electron chi connectivity index (χ0n) is 23.0. The number of para-hydroxylation sites is 1. The second kappa shape index (κ2) is 13.5. The van der Waals surface area contributed by atoms with Crippen LogP contribution in [0.2, 0.25) is 0 Å². The molecule has 4 aromatic rings. The zero-order valence-corrected chi connectivity index (χ0v) is 24.6. The van der Waals surface area contributed by atoms with Crippen molar-refractivity contribution in [3.8, 4) is 5.75 Å². The maximum Gasteiger partial charge on any atom is 0.290 e. The van der Waals surface area contributed by atoms with Crippen molar-refractivity contribution in [2.75, 3.05) is 38.7 Å². The fraction of sp³-hybridized carbons (Fsp3) is 0.258. The molecule has 42 heavy (non-hydrogen) atoms. The number of carbonyl (C=O) groups excluding carboxylic acids is 1. The third-order valence-electron chi connectivity index (χ3n) is 6.91. The van der Waals surface area contributed by atoms with Crippen LogP contribution >= 0.6 is 11.3 Å². The summed E-state index contributed by atoms with van der Waals surface area (Å²) in [6, 6.07) is 23.2. The number of hydrogen-bond acceptors (Lipinski definition) is 8. The first kappa shape index (κ1) is 29.7. The average Bonchev–Trinajstić information content (AvgIpc) is 3.45. The standard InChI is InChI=1S/C31H32N2O7S2/c1-38-24-11-13-25(14-12-24)42(36,37)33(15-17-34)16-18-39-30-20-22(27-21-41-29-10-6-5-9-26(27)29)19-28(40-30)31(35)32-23-7-3-2-4-8-23/h2-14,19,21-22,30,34H,15-18,20H2,1H3,(H,32,35)/t22-,30+/m0/s1. The number of amides is 1. The highest BCUT2D eigenvalue weighted by Gasteiger charge is 2.31. The first-order chi connectivity index (χ1) is 20.4. The van der Waals surface area contributed by atoms with E-state index in [2.05, 4.69) is 22.8 Å². The number of carbonyl (C=O) groups is 1. The van der Waals surface area contributed by atoms with E-state index >= 15 is 0 Å². The van der Waals surface area contributed by atoms with Gasteiger partial charge >= 0.3 is 0 Å². The molecule has 1 aromatic heterocycles. The first-order valence-corrected chi connectivity index (χ1v) is 15.8. The van der Waals surface area contributed by atoms with Crippen LogP contribution in [0.3, 0.4) is 0 Å². The molecule has 0 fully saturated rings. The number of ether oxygens (including phenoxy) is 3. The van der Waals surface area contributed by atoms with Gasteiger partial charge in [-0.15, -0.1) is 11.3 Å². The lowest BCUT2D eigenvalue weighted by Gasteiger charge is -2.30. The fourth-order valence-corrected chi connectivity index (χ4v) is 7.22. The Hall–Kier alpha value is -3.74. The number of sulfonamides is 1. The van der Waals surface area contributed by atoms with E-state index in [1.54, 1.807) is 35.6 Å². The van der Waals surface area contributed by atoms with Gasteiger partial charge in [-0.25, -0.2) is 8.42 Å². The van der Waals surface area contributed by atoms with E-state index in [-0.39, 0.29) is 42.9 Å². The van der Waals surface area contributed by atoms with Gasteiger partial charge in [0.25, 0.3) is 5.91 Å². The summed E-state index contributed by atoms with van der Waals surface area (Å²) in [5.41, 5.74) is 1.71. The molecule has 5 rings (SSSR count). The van der Waals surface area contributed by atoms with Gasteiger partial charge in [-0.05, 0) is 64.9 Å². The average molecular weight is 609 g/mol. The molecule has 1 aliphatic rings. The number of benzene rings is 3. The van der Waals surface area contributed by atoms with Crippen molar-refractivity contribution in [3.05, 3.63) is 102 Å². The Balaban J connectivity index is 1.32. The topological polar surface area (TPSA) is 114 Å². The smallest absolute Gasteiger partial charge is 0.290 e. The van der Waals surface area contributed by atoms with Crippen molar-refractivity contribution >= 4 is 43.0 Å². The maximum atomic E-state index is 13.3. The van der Waals surface area contributed by atoms with Crippen molar-refractivity contribution in [1.82, 2.24) is 4.31 Å². The van der Waals surface area contributed by atoms with Gasteiger partial charge in [-0.2, -0.15) is 4.31 Å². The molecule has 0 unspecified atom stereocenters. The maximum absolute atomic E-state index is 13.3. The lowest BCUT2D eigenvalue weighted by Crippen LogP contribution is -2.37. The van der Waals surface area contributed by atoms with Crippen LogP contribution in [0.4, 0.5) is 5.69 Å². The molecule has 0 saturated heterocycles. The summed E-state index contributed by atoms with van der Waals surface area (Å²) in [6.45, 7) is -0.479. The summed E-state index contributed by atoms with van der Waals surface area (Å²) in [7, 11) is -2.39. The molecule has 1 amide bonds. The first-order valence-electron chi connectivity index (χ1n) is 13.5. The SMILES string of the molecule is COc1ccc(S(=O)(=O)N(CCO)CCO[C@H]2C[C@@H](c3csc4ccccc34)C=C(C(=O)Nc3ccccc3)O2)cc1. The predicted octanol–water partition coefficient (Wildman–Crippen LogP) is 4.96. The lowest BCUT2D eigenvalue weighted by molar-refractivity contribution is -0.143. The van der Waals surface area contributed by atoms with Crippen molar-refractivity contribution < 1.29 is 32.5 Å². The fourth-order valence-electron chi connectivity index (χ4n) is 4.78. The predicted molar refractivity (Wildman–Crippen MR) is 162 cm³/mol. The van der Waals surface area contributed by atoms with Crippen LogP contribution in [-0.2, 0) is 24.3 Å². The largest absolute Gasteiger partial charge is 0.497 e. The minimum atomic E-state index is -3.90. The lowest BCUT2D eigenvalue weighted by atomic mass is 9.92. The number of thiophene rings is 1. The summed E-state index contributed by atoms with van der Waals surface area (Å²) < 4.78 is 46.0. The number of nitrogens with zero attached hydrogens (tertiary/aromatic N) is 1. The molecule has 0 radical (unpaired) electrons. The highest BCUT2D eigenvalue weighted by molar-refractivity contribution is 7.89. The number of rotatable bonds is 12. The summed E-state index contributed by atoms with van der Waals surface area (Å²) in [5.74, 6) is 0.109. The minimum Gasteiger partial charge on any atom is -0.497 e. The van der Waals surface area contributed by atoms with Gasteiger partial charge in [-0.3, -0.25) is 4.79 Å². The molecule has 0 spiro atoms. The van der Waals surface area contributed by atoms with Crippen LogP contribution in [0.5, 0.6) is 5.75 Å². The van der Waals surface area contributed by atoms with E-state index in [1.165, 1.54) is 23.5 Å². The van der Waals surface area contributed by atoms with E-state index in [0.717, 1.165) is 15.6 Å². The second-order valence-electron chi connectivity index (χ2n) is 9.60. The Labute approximate surface area is 249 Å². The Kier molecular flexibility index (Phi) is 9.55. The number of aliphatic hydroxyl groups excluding tert-OH is 1. The van der Waals surface area contributed by atoms with Gasteiger partial charge < -0.3 is 24.6 Å². The Bertz CT molecular complexity index is 1640. The highest BCUT2D eigenvalue weighted by atomic mass is 32.2. The number of nitrogens with one attached hydrogen (secondary N) is 1. The van der Waals surface area contributed by atoms with E-state index in [1.807, 2.05) is 36.4 Å². The summed E-state index contributed by atoms with van der Waals surface area (Å²) in [6.07, 6.45) is 1.46. The van der Waals surface area contributed by atoms with Gasteiger partial charge in [-0.1, -0.05) is 36.4 Å². The van der Waals surface area contributed by atoms with E-state index < -0.39 is 22.2 Å². The Morgan fingerprint density at radius 3 is 2.52 bits per heavy atom. The molecule has 2 heterocycles. The third-order valence-corrected chi connectivity index (χ3v) is 9.81. The molecule has 0 bridgehead atoms. The summed E-state index contributed by atoms with van der Waals surface area (Å²) in [5, 5.41) is 15.6. The molecule has 1 aliphatic heterocycles. The van der Waals surface area contributed by atoms with Crippen LogP contribution in [0.25, 0.3) is 10.1 Å². The van der Waals surface area contributed by atoms with Crippen LogP contribution in [0.15, 0.2) is 101 Å². The van der Waals surface area contributed by atoms with Gasteiger partial charge in [0.05, 0.1) is 25.2 Å². The number of anilines is 1. The molecule has 3 aromatic carbocycles. The molecule has 220 valence electrons. The van der Waals surface area contributed by atoms with Crippen LogP contribution in [0, 0.1) is 0 Å². The molecule has 2 atom stereocenters. The summed E-state index contributed by atoms with van der Waals surface area (Å²) in [4.78, 5) is 13.3. The van der Waals surface area contributed by atoms with Crippen LogP contribution in [-0.4, -0.2) is 63.4 Å². The zero-order chi connectivity index (χ0) is 29.5. The Morgan fingerprint density at radius 1 is 1.05 bits per heavy atom.